The van der Waals surface area contributed by atoms with Crippen molar-refractivity contribution in [2.75, 3.05) is 18.0 Å². The maximum Gasteiger partial charge on any atom is 0.234 e. The number of para-hydroxylation sites is 1. The third kappa shape index (κ3) is 3.01. The van der Waals surface area contributed by atoms with Crippen LogP contribution in [-0.2, 0) is 11.2 Å². The molecule has 0 saturated carbocycles. The minimum Gasteiger partial charge on any atom is -0.371 e. The first-order chi connectivity index (χ1) is 8.68. The molecule has 4 N–H and O–H groups in total. The van der Waals surface area contributed by atoms with Gasteiger partial charge in [0.15, 0.2) is 0 Å². The maximum atomic E-state index is 11.0. The van der Waals surface area contributed by atoms with E-state index in [9.17, 15) is 4.79 Å². The van der Waals surface area contributed by atoms with Gasteiger partial charge in [0.2, 0.25) is 5.91 Å². The number of nitrogens with two attached hydrogens (primary N) is 2. The van der Waals surface area contributed by atoms with Gasteiger partial charge in [-0.1, -0.05) is 18.2 Å². The summed E-state index contributed by atoms with van der Waals surface area (Å²) in [5.41, 5.74) is 13.6. The maximum absolute atomic E-state index is 11.0. The number of rotatable bonds is 4. The highest BCUT2D eigenvalue weighted by Crippen LogP contribution is 2.26. The zero-order valence-corrected chi connectivity index (χ0v) is 10.6. The summed E-state index contributed by atoms with van der Waals surface area (Å²) in [6, 6.07) is 7.93. The summed E-state index contributed by atoms with van der Waals surface area (Å²) in [5.74, 6) is -0.418. The third-order valence-corrected chi connectivity index (χ3v) is 3.53. The van der Waals surface area contributed by atoms with Gasteiger partial charge in [0.05, 0.1) is 6.04 Å². The molecular weight excluding hydrogens is 226 g/mol. The Morgan fingerprint density at radius 1 is 1.33 bits per heavy atom. The van der Waals surface area contributed by atoms with E-state index in [1.165, 1.54) is 24.1 Å². The van der Waals surface area contributed by atoms with Gasteiger partial charge in [-0.05, 0) is 37.3 Å². The van der Waals surface area contributed by atoms with Crippen molar-refractivity contribution in [1.29, 1.82) is 0 Å². The van der Waals surface area contributed by atoms with E-state index in [0.29, 0.717) is 6.42 Å². The van der Waals surface area contributed by atoms with Gasteiger partial charge in [0.1, 0.15) is 0 Å². The first-order valence-electron chi connectivity index (χ1n) is 6.56. The summed E-state index contributed by atoms with van der Waals surface area (Å²) < 4.78 is 0. The molecule has 1 aliphatic rings. The van der Waals surface area contributed by atoms with Crippen LogP contribution < -0.4 is 16.4 Å². The Balaban J connectivity index is 2.06. The summed E-state index contributed by atoms with van der Waals surface area (Å²) in [4.78, 5) is 13.3. The fraction of sp³-hybridized carbons (Fsp3) is 0.500. The Kier molecular flexibility index (Phi) is 4.20. The SMILES string of the molecule is NC(=O)C(N)CCN1CCCCc2ccccc21. The highest BCUT2D eigenvalue weighted by atomic mass is 16.1. The Morgan fingerprint density at radius 3 is 2.89 bits per heavy atom. The van der Waals surface area contributed by atoms with Gasteiger partial charge in [-0.2, -0.15) is 0 Å². The molecule has 0 spiro atoms. The molecular formula is C14H21N3O. The van der Waals surface area contributed by atoms with Crippen LogP contribution in [0, 0.1) is 0 Å². The lowest BCUT2D eigenvalue weighted by molar-refractivity contribution is -0.119. The van der Waals surface area contributed by atoms with Crippen molar-refractivity contribution in [3.8, 4) is 0 Å². The number of primary amides is 1. The second-order valence-electron chi connectivity index (χ2n) is 4.87. The number of hydrogen-bond donors (Lipinski definition) is 2. The number of carbonyl (C=O) groups is 1. The van der Waals surface area contributed by atoms with Gasteiger partial charge in [0.25, 0.3) is 0 Å². The van der Waals surface area contributed by atoms with Crippen LogP contribution in [0.4, 0.5) is 5.69 Å². The summed E-state index contributed by atoms with van der Waals surface area (Å²) in [6.07, 6.45) is 4.15. The molecule has 0 aromatic heterocycles. The zero-order chi connectivity index (χ0) is 13.0. The van der Waals surface area contributed by atoms with Crippen molar-refractivity contribution in [2.45, 2.75) is 31.7 Å². The molecule has 1 aromatic carbocycles. The van der Waals surface area contributed by atoms with Crippen LogP contribution in [0.3, 0.4) is 0 Å². The molecule has 1 aromatic rings. The zero-order valence-electron chi connectivity index (χ0n) is 10.6. The molecule has 1 amide bonds. The molecule has 0 aliphatic carbocycles. The summed E-state index contributed by atoms with van der Waals surface area (Å²) in [7, 11) is 0. The number of hydrogen-bond acceptors (Lipinski definition) is 3. The molecule has 1 unspecified atom stereocenters. The van der Waals surface area contributed by atoms with Crippen LogP contribution in [0.1, 0.15) is 24.8 Å². The van der Waals surface area contributed by atoms with E-state index in [2.05, 4.69) is 29.2 Å². The fourth-order valence-electron chi connectivity index (χ4n) is 2.44. The highest BCUT2D eigenvalue weighted by Gasteiger charge is 2.16. The van der Waals surface area contributed by atoms with E-state index >= 15 is 0 Å². The standard InChI is InChI=1S/C14H21N3O/c15-12(14(16)18)8-10-17-9-4-3-6-11-5-1-2-7-13(11)17/h1-2,5,7,12H,3-4,6,8-10,15H2,(H2,16,18). The van der Waals surface area contributed by atoms with Gasteiger partial charge in [-0.15, -0.1) is 0 Å². The summed E-state index contributed by atoms with van der Waals surface area (Å²) in [5, 5.41) is 0. The monoisotopic (exact) mass is 247 g/mol. The Hall–Kier alpha value is -1.55. The molecule has 1 aliphatic heterocycles. The molecule has 98 valence electrons. The number of anilines is 1. The van der Waals surface area contributed by atoms with Crippen LogP contribution in [0.15, 0.2) is 24.3 Å². The fourth-order valence-corrected chi connectivity index (χ4v) is 2.44. The molecule has 1 heterocycles. The molecule has 2 rings (SSSR count). The molecule has 18 heavy (non-hydrogen) atoms. The van der Waals surface area contributed by atoms with Crippen molar-refractivity contribution in [1.82, 2.24) is 0 Å². The van der Waals surface area contributed by atoms with E-state index in [1.807, 2.05) is 0 Å². The minimum absolute atomic E-state index is 0.418. The van der Waals surface area contributed by atoms with Crippen molar-refractivity contribution in [3.05, 3.63) is 29.8 Å². The Morgan fingerprint density at radius 2 is 2.11 bits per heavy atom. The number of benzene rings is 1. The van der Waals surface area contributed by atoms with Gasteiger partial charge >= 0.3 is 0 Å². The average Bonchev–Trinajstić information content (AvgIpc) is 2.58. The number of aryl methyl sites for hydroxylation is 1. The lowest BCUT2D eigenvalue weighted by atomic mass is 10.1. The molecule has 0 bridgehead atoms. The van der Waals surface area contributed by atoms with Crippen LogP contribution >= 0.6 is 0 Å². The van der Waals surface area contributed by atoms with Crippen LogP contribution in [0.5, 0.6) is 0 Å². The number of carbonyl (C=O) groups excluding carboxylic acids is 1. The Labute approximate surface area is 108 Å². The normalized spacial score (nSPS) is 16.8. The van der Waals surface area contributed by atoms with E-state index in [0.717, 1.165) is 19.5 Å². The molecule has 4 nitrogen and oxygen atoms in total. The van der Waals surface area contributed by atoms with Crippen molar-refractivity contribution < 1.29 is 4.79 Å². The van der Waals surface area contributed by atoms with E-state index in [-0.39, 0.29) is 0 Å². The van der Waals surface area contributed by atoms with E-state index in [4.69, 9.17) is 11.5 Å². The molecule has 0 radical (unpaired) electrons. The highest BCUT2D eigenvalue weighted by molar-refractivity contribution is 5.79. The molecule has 0 fully saturated rings. The smallest absolute Gasteiger partial charge is 0.234 e. The average molecular weight is 247 g/mol. The minimum atomic E-state index is -0.541. The topological polar surface area (TPSA) is 72.3 Å². The molecule has 1 atom stereocenters. The second kappa shape index (κ2) is 5.87. The number of nitrogens with zero attached hydrogens (tertiary/aromatic N) is 1. The van der Waals surface area contributed by atoms with Crippen molar-refractivity contribution in [2.24, 2.45) is 11.5 Å². The third-order valence-electron chi connectivity index (χ3n) is 3.53. The van der Waals surface area contributed by atoms with Crippen LogP contribution in [0.2, 0.25) is 0 Å². The lowest BCUT2D eigenvalue weighted by Gasteiger charge is -2.25. The number of fused-ring (bicyclic) bond motifs is 1. The predicted molar refractivity (Wildman–Crippen MR) is 73.4 cm³/mol. The van der Waals surface area contributed by atoms with Gasteiger partial charge in [-0.25, -0.2) is 0 Å². The summed E-state index contributed by atoms with van der Waals surface area (Å²) >= 11 is 0. The second-order valence-corrected chi connectivity index (χ2v) is 4.87. The van der Waals surface area contributed by atoms with E-state index < -0.39 is 11.9 Å². The molecule has 0 saturated heterocycles. The first-order valence-corrected chi connectivity index (χ1v) is 6.56. The van der Waals surface area contributed by atoms with Gasteiger partial charge < -0.3 is 16.4 Å². The largest absolute Gasteiger partial charge is 0.371 e. The quantitative estimate of drug-likeness (QED) is 0.834. The van der Waals surface area contributed by atoms with Crippen molar-refractivity contribution in [3.63, 3.8) is 0 Å². The predicted octanol–water partition coefficient (Wildman–Crippen LogP) is 1.03. The van der Waals surface area contributed by atoms with Crippen molar-refractivity contribution >= 4 is 11.6 Å². The summed E-state index contributed by atoms with van der Waals surface area (Å²) in [6.45, 7) is 1.82. The first kappa shape index (κ1) is 12.9. The van der Waals surface area contributed by atoms with Gasteiger partial charge in [0, 0.05) is 18.8 Å². The van der Waals surface area contributed by atoms with Crippen LogP contribution in [-0.4, -0.2) is 25.0 Å². The Bertz CT molecular complexity index is 419. The lowest BCUT2D eigenvalue weighted by Crippen LogP contribution is -2.40. The number of amides is 1. The van der Waals surface area contributed by atoms with Crippen LogP contribution in [0.25, 0.3) is 0 Å². The molecule has 4 heteroatoms. The van der Waals surface area contributed by atoms with Gasteiger partial charge in [-0.3, -0.25) is 4.79 Å². The van der Waals surface area contributed by atoms with E-state index in [1.54, 1.807) is 0 Å².